The van der Waals surface area contributed by atoms with Crippen LogP contribution in [0.2, 0.25) is 0 Å². The lowest BCUT2D eigenvalue weighted by atomic mass is 10.1. The van der Waals surface area contributed by atoms with Gasteiger partial charge in [-0.05, 0) is 42.4 Å². The molecule has 1 aromatic heterocycles. The van der Waals surface area contributed by atoms with Gasteiger partial charge in [-0.3, -0.25) is 0 Å². The van der Waals surface area contributed by atoms with Gasteiger partial charge in [0.05, 0.1) is 0 Å². The van der Waals surface area contributed by atoms with Crippen molar-refractivity contribution in [1.82, 2.24) is 24.6 Å². The second kappa shape index (κ2) is 5.24. The van der Waals surface area contributed by atoms with Crippen molar-refractivity contribution in [1.29, 1.82) is 0 Å². The molecule has 9 heteroatoms. The standard InChI is InChI=1S/C9H16BrN5O2S/c1-14-5-3-4-7(6-14)12-18(16,17)9-8(10)11-13-15(9)2/h7,12H,3-6H2,1-2H3. The van der Waals surface area contributed by atoms with Gasteiger partial charge >= 0.3 is 0 Å². The Hall–Kier alpha value is -0.510. The fourth-order valence-electron chi connectivity index (χ4n) is 2.15. The zero-order valence-corrected chi connectivity index (χ0v) is 12.7. The van der Waals surface area contributed by atoms with Gasteiger partial charge in [0.2, 0.25) is 5.03 Å². The van der Waals surface area contributed by atoms with Crippen LogP contribution < -0.4 is 4.72 Å². The number of nitrogens with zero attached hydrogens (tertiary/aromatic N) is 4. The van der Waals surface area contributed by atoms with E-state index in [1.54, 1.807) is 7.05 Å². The van der Waals surface area contributed by atoms with Crippen LogP contribution in [0.1, 0.15) is 12.8 Å². The van der Waals surface area contributed by atoms with Crippen molar-refractivity contribution in [2.24, 2.45) is 7.05 Å². The zero-order valence-electron chi connectivity index (χ0n) is 10.3. The third kappa shape index (κ3) is 2.90. The predicted octanol–water partition coefficient (Wildman–Crippen LogP) is -0.0499. The molecule has 2 heterocycles. The quantitative estimate of drug-likeness (QED) is 0.836. The van der Waals surface area contributed by atoms with Crippen LogP contribution in [0.15, 0.2) is 9.63 Å². The molecule has 18 heavy (non-hydrogen) atoms. The lowest BCUT2D eigenvalue weighted by Crippen LogP contribution is -2.46. The Morgan fingerprint density at radius 3 is 2.72 bits per heavy atom. The Kier molecular flexibility index (Phi) is 4.05. The maximum absolute atomic E-state index is 12.2. The number of likely N-dealkylation sites (tertiary alicyclic amines) is 1. The van der Waals surface area contributed by atoms with Crippen LogP contribution in [0.3, 0.4) is 0 Å². The number of hydrogen-bond donors (Lipinski definition) is 1. The first-order valence-corrected chi connectivity index (χ1v) is 7.94. The molecule has 1 N–H and O–H groups in total. The first-order valence-electron chi connectivity index (χ1n) is 5.66. The number of piperidine rings is 1. The van der Waals surface area contributed by atoms with Crippen molar-refractivity contribution >= 4 is 26.0 Å². The SMILES string of the molecule is CN1CCCC(NS(=O)(=O)c2c(Br)nnn2C)C1. The molecule has 1 atom stereocenters. The van der Waals surface area contributed by atoms with Gasteiger partial charge in [-0.1, -0.05) is 5.21 Å². The van der Waals surface area contributed by atoms with Crippen LogP contribution >= 0.6 is 15.9 Å². The summed E-state index contributed by atoms with van der Waals surface area (Å²) in [6.45, 7) is 1.73. The maximum Gasteiger partial charge on any atom is 0.260 e. The predicted molar refractivity (Wildman–Crippen MR) is 69.5 cm³/mol. The first-order chi connectivity index (χ1) is 8.40. The highest BCUT2D eigenvalue weighted by molar-refractivity contribution is 9.10. The van der Waals surface area contributed by atoms with Crippen molar-refractivity contribution in [2.75, 3.05) is 20.1 Å². The van der Waals surface area contributed by atoms with Crippen molar-refractivity contribution in [3.63, 3.8) is 0 Å². The molecular weight excluding hydrogens is 322 g/mol. The molecule has 0 spiro atoms. The monoisotopic (exact) mass is 337 g/mol. The van der Waals surface area contributed by atoms with Crippen LogP contribution in [0.5, 0.6) is 0 Å². The van der Waals surface area contributed by atoms with E-state index < -0.39 is 10.0 Å². The Morgan fingerprint density at radius 2 is 2.17 bits per heavy atom. The molecule has 1 aromatic rings. The average molecular weight is 338 g/mol. The smallest absolute Gasteiger partial charge is 0.260 e. The number of sulfonamides is 1. The van der Waals surface area contributed by atoms with E-state index in [9.17, 15) is 8.42 Å². The number of hydrogen-bond acceptors (Lipinski definition) is 5. The first kappa shape index (κ1) is 13.9. The molecule has 1 saturated heterocycles. The van der Waals surface area contributed by atoms with Crippen LogP contribution in [-0.2, 0) is 17.1 Å². The van der Waals surface area contributed by atoms with Gasteiger partial charge < -0.3 is 4.90 Å². The summed E-state index contributed by atoms with van der Waals surface area (Å²) in [7, 11) is -0.0439. The Morgan fingerprint density at radius 1 is 1.44 bits per heavy atom. The number of nitrogens with one attached hydrogen (secondary N) is 1. The summed E-state index contributed by atoms with van der Waals surface area (Å²) in [4.78, 5) is 2.12. The fourth-order valence-corrected chi connectivity index (χ4v) is 4.50. The summed E-state index contributed by atoms with van der Waals surface area (Å²) in [5, 5.41) is 7.44. The highest BCUT2D eigenvalue weighted by Gasteiger charge is 2.28. The molecule has 0 aromatic carbocycles. The number of halogens is 1. The second-order valence-electron chi connectivity index (χ2n) is 4.53. The number of rotatable bonds is 3. The second-order valence-corrected chi connectivity index (χ2v) is 6.91. The maximum atomic E-state index is 12.2. The molecule has 0 aliphatic carbocycles. The van der Waals surface area contributed by atoms with E-state index in [0.717, 1.165) is 25.9 Å². The van der Waals surface area contributed by atoms with Crippen molar-refractivity contribution in [3.05, 3.63) is 4.60 Å². The third-order valence-electron chi connectivity index (χ3n) is 2.94. The molecule has 2 rings (SSSR count). The van der Waals surface area contributed by atoms with Crippen LogP contribution in [-0.4, -0.2) is 54.5 Å². The Bertz CT molecular complexity index is 510. The lowest BCUT2D eigenvalue weighted by Gasteiger charge is -2.29. The minimum Gasteiger partial charge on any atom is -0.305 e. The largest absolute Gasteiger partial charge is 0.305 e. The molecule has 1 aliphatic heterocycles. The topological polar surface area (TPSA) is 80.1 Å². The summed E-state index contributed by atoms with van der Waals surface area (Å²) in [6, 6.07) is -0.0597. The van der Waals surface area contributed by atoms with E-state index in [2.05, 4.69) is 35.9 Å². The van der Waals surface area contributed by atoms with Gasteiger partial charge in [0, 0.05) is 19.6 Å². The lowest BCUT2D eigenvalue weighted by molar-refractivity contribution is 0.242. The van der Waals surface area contributed by atoms with E-state index in [1.807, 2.05) is 7.05 Å². The summed E-state index contributed by atoms with van der Waals surface area (Å²) in [5.41, 5.74) is 0. The molecule has 1 aliphatic rings. The molecule has 1 fully saturated rings. The third-order valence-corrected chi connectivity index (χ3v) is 5.34. The van der Waals surface area contributed by atoms with E-state index in [0.29, 0.717) is 0 Å². The minimum atomic E-state index is -3.59. The van der Waals surface area contributed by atoms with E-state index in [1.165, 1.54) is 4.68 Å². The van der Waals surface area contributed by atoms with Crippen LogP contribution in [0, 0.1) is 0 Å². The normalized spacial score (nSPS) is 22.3. The summed E-state index contributed by atoms with van der Waals surface area (Å²) in [6.07, 6.45) is 1.85. The van der Waals surface area contributed by atoms with Gasteiger partial charge in [0.25, 0.3) is 10.0 Å². The van der Waals surface area contributed by atoms with Crippen molar-refractivity contribution in [3.8, 4) is 0 Å². The average Bonchev–Trinajstić information content (AvgIpc) is 2.58. The van der Waals surface area contributed by atoms with Crippen LogP contribution in [0.4, 0.5) is 0 Å². The van der Waals surface area contributed by atoms with Gasteiger partial charge in [0.1, 0.15) is 0 Å². The molecule has 0 bridgehead atoms. The fraction of sp³-hybridized carbons (Fsp3) is 0.778. The number of likely N-dealkylation sites (N-methyl/N-ethyl adjacent to an activating group) is 1. The highest BCUT2D eigenvalue weighted by Crippen LogP contribution is 2.19. The van der Waals surface area contributed by atoms with E-state index >= 15 is 0 Å². The zero-order chi connectivity index (χ0) is 13.3. The van der Waals surface area contributed by atoms with Crippen molar-refractivity contribution < 1.29 is 8.42 Å². The molecule has 1 unspecified atom stereocenters. The van der Waals surface area contributed by atoms with Gasteiger partial charge in [-0.2, -0.15) is 0 Å². The van der Waals surface area contributed by atoms with E-state index in [4.69, 9.17) is 0 Å². The molecule has 0 saturated carbocycles. The Labute approximate surface area is 115 Å². The minimum absolute atomic E-state index is 0.0597. The molecule has 7 nitrogen and oxygen atoms in total. The Balaban J connectivity index is 2.17. The highest BCUT2D eigenvalue weighted by atomic mass is 79.9. The summed E-state index contributed by atoms with van der Waals surface area (Å²) >= 11 is 3.11. The molecule has 0 radical (unpaired) electrons. The van der Waals surface area contributed by atoms with Crippen molar-refractivity contribution in [2.45, 2.75) is 23.9 Å². The molecular formula is C9H16BrN5O2S. The summed E-state index contributed by atoms with van der Waals surface area (Å²) < 4.78 is 28.7. The number of aromatic nitrogens is 3. The van der Waals surface area contributed by atoms with Crippen LogP contribution in [0.25, 0.3) is 0 Å². The molecule has 0 amide bonds. The molecule has 102 valence electrons. The number of aryl methyl sites for hydroxylation is 1. The van der Waals surface area contributed by atoms with E-state index in [-0.39, 0.29) is 15.7 Å². The van der Waals surface area contributed by atoms with Gasteiger partial charge in [-0.25, -0.2) is 17.8 Å². The summed E-state index contributed by atoms with van der Waals surface area (Å²) in [5.74, 6) is 0. The van der Waals surface area contributed by atoms with Gasteiger partial charge in [-0.15, -0.1) is 5.10 Å². The van der Waals surface area contributed by atoms with Gasteiger partial charge in [0.15, 0.2) is 4.60 Å².